The summed E-state index contributed by atoms with van der Waals surface area (Å²) < 4.78 is 5.71. The van der Waals surface area contributed by atoms with Gasteiger partial charge in [0.2, 0.25) is 5.91 Å². The van der Waals surface area contributed by atoms with Crippen molar-refractivity contribution in [1.82, 2.24) is 5.32 Å². The number of benzene rings is 1. The molecule has 2 rings (SSSR count). The third-order valence-electron chi connectivity index (χ3n) is 2.97. The summed E-state index contributed by atoms with van der Waals surface area (Å²) >= 11 is 0. The summed E-state index contributed by atoms with van der Waals surface area (Å²) in [4.78, 5) is 11.4. The van der Waals surface area contributed by atoms with Gasteiger partial charge in [-0.25, -0.2) is 0 Å². The SMILES string of the molecule is C=CCCC(=O)NCCCc1cc2ccccc2o1. The number of para-hydroxylation sites is 1. The molecule has 0 saturated carbocycles. The van der Waals surface area contributed by atoms with Gasteiger partial charge < -0.3 is 9.73 Å². The van der Waals surface area contributed by atoms with Crippen molar-refractivity contribution in [3.05, 3.63) is 48.7 Å². The number of rotatable bonds is 7. The fourth-order valence-electron chi connectivity index (χ4n) is 1.97. The van der Waals surface area contributed by atoms with Crippen molar-refractivity contribution < 1.29 is 9.21 Å². The second-order valence-corrected chi connectivity index (χ2v) is 4.53. The Bertz CT molecular complexity index is 524. The lowest BCUT2D eigenvalue weighted by Gasteiger charge is -2.02. The Hall–Kier alpha value is -2.03. The van der Waals surface area contributed by atoms with Crippen LogP contribution < -0.4 is 5.32 Å². The zero-order valence-electron chi connectivity index (χ0n) is 11.0. The van der Waals surface area contributed by atoms with Crippen molar-refractivity contribution in [2.75, 3.05) is 6.54 Å². The summed E-state index contributed by atoms with van der Waals surface area (Å²) in [7, 11) is 0. The molecule has 0 radical (unpaired) electrons. The lowest BCUT2D eigenvalue weighted by molar-refractivity contribution is -0.121. The van der Waals surface area contributed by atoms with Gasteiger partial charge in [0.1, 0.15) is 11.3 Å². The Morgan fingerprint density at radius 3 is 3.00 bits per heavy atom. The first kappa shape index (κ1) is 13.4. The van der Waals surface area contributed by atoms with Crippen molar-refractivity contribution >= 4 is 16.9 Å². The molecule has 1 aromatic carbocycles. The number of allylic oxidation sites excluding steroid dienone is 1. The van der Waals surface area contributed by atoms with Crippen LogP contribution in [-0.2, 0) is 11.2 Å². The van der Waals surface area contributed by atoms with E-state index in [1.54, 1.807) is 6.08 Å². The highest BCUT2D eigenvalue weighted by Crippen LogP contribution is 2.19. The van der Waals surface area contributed by atoms with Crippen molar-refractivity contribution in [2.24, 2.45) is 0 Å². The highest BCUT2D eigenvalue weighted by atomic mass is 16.3. The summed E-state index contributed by atoms with van der Waals surface area (Å²) in [5.74, 6) is 1.06. The van der Waals surface area contributed by atoms with Crippen LogP contribution in [0, 0.1) is 0 Å². The molecule has 19 heavy (non-hydrogen) atoms. The van der Waals surface area contributed by atoms with Gasteiger partial charge in [-0.05, 0) is 25.0 Å². The highest BCUT2D eigenvalue weighted by Gasteiger charge is 2.03. The van der Waals surface area contributed by atoms with E-state index < -0.39 is 0 Å². The molecular formula is C16H19NO2. The highest BCUT2D eigenvalue weighted by molar-refractivity contribution is 5.77. The van der Waals surface area contributed by atoms with Crippen LogP contribution in [0.2, 0.25) is 0 Å². The standard InChI is InChI=1S/C16H19NO2/c1-2-3-10-16(18)17-11-6-8-14-12-13-7-4-5-9-15(13)19-14/h2,4-5,7,9,12H,1,3,6,8,10-11H2,(H,17,18). The van der Waals surface area contributed by atoms with E-state index >= 15 is 0 Å². The number of amides is 1. The molecule has 0 fully saturated rings. The normalized spacial score (nSPS) is 10.5. The maximum absolute atomic E-state index is 11.4. The molecule has 0 atom stereocenters. The topological polar surface area (TPSA) is 42.2 Å². The molecular weight excluding hydrogens is 238 g/mol. The molecule has 0 aliphatic carbocycles. The Morgan fingerprint density at radius 1 is 1.37 bits per heavy atom. The number of hydrogen-bond acceptors (Lipinski definition) is 2. The summed E-state index contributed by atoms with van der Waals surface area (Å²) in [6, 6.07) is 10.0. The van der Waals surface area contributed by atoms with Crippen LogP contribution in [0.25, 0.3) is 11.0 Å². The molecule has 0 bridgehead atoms. The number of aryl methyl sites for hydroxylation is 1. The van der Waals surface area contributed by atoms with Gasteiger partial charge in [0.25, 0.3) is 0 Å². The average molecular weight is 257 g/mol. The second kappa shape index (κ2) is 6.78. The van der Waals surface area contributed by atoms with E-state index in [2.05, 4.69) is 18.0 Å². The predicted molar refractivity (Wildman–Crippen MR) is 77.0 cm³/mol. The Morgan fingerprint density at radius 2 is 2.21 bits per heavy atom. The van der Waals surface area contributed by atoms with E-state index in [0.29, 0.717) is 13.0 Å². The zero-order valence-corrected chi connectivity index (χ0v) is 11.0. The van der Waals surface area contributed by atoms with Gasteiger partial charge in [0.15, 0.2) is 0 Å². The second-order valence-electron chi connectivity index (χ2n) is 4.53. The van der Waals surface area contributed by atoms with Gasteiger partial charge >= 0.3 is 0 Å². The number of hydrogen-bond donors (Lipinski definition) is 1. The first-order valence-electron chi connectivity index (χ1n) is 6.64. The average Bonchev–Trinajstić information content (AvgIpc) is 2.84. The number of nitrogens with one attached hydrogen (secondary N) is 1. The molecule has 0 unspecified atom stereocenters. The molecule has 0 aliphatic heterocycles. The lowest BCUT2D eigenvalue weighted by Crippen LogP contribution is -2.24. The molecule has 1 amide bonds. The van der Waals surface area contributed by atoms with Gasteiger partial charge in [-0.1, -0.05) is 24.3 Å². The van der Waals surface area contributed by atoms with Crippen LogP contribution in [0.5, 0.6) is 0 Å². The summed E-state index contributed by atoms with van der Waals surface area (Å²) in [6.45, 7) is 4.28. The van der Waals surface area contributed by atoms with Gasteiger partial charge in [0.05, 0.1) is 0 Å². The molecule has 3 heteroatoms. The van der Waals surface area contributed by atoms with E-state index in [4.69, 9.17) is 4.42 Å². The summed E-state index contributed by atoms with van der Waals surface area (Å²) in [5.41, 5.74) is 0.924. The quantitative estimate of drug-likeness (QED) is 0.609. The molecule has 100 valence electrons. The largest absolute Gasteiger partial charge is 0.461 e. The third kappa shape index (κ3) is 3.98. The zero-order chi connectivity index (χ0) is 13.5. The molecule has 3 nitrogen and oxygen atoms in total. The lowest BCUT2D eigenvalue weighted by atomic mass is 10.2. The molecule has 1 N–H and O–H groups in total. The van der Waals surface area contributed by atoms with Crippen LogP contribution in [0.3, 0.4) is 0 Å². The Kier molecular flexibility index (Phi) is 4.78. The number of carbonyl (C=O) groups is 1. The smallest absolute Gasteiger partial charge is 0.220 e. The third-order valence-corrected chi connectivity index (χ3v) is 2.97. The van der Waals surface area contributed by atoms with Crippen molar-refractivity contribution in [2.45, 2.75) is 25.7 Å². The van der Waals surface area contributed by atoms with Gasteiger partial charge in [-0.15, -0.1) is 6.58 Å². The van der Waals surface area contributed by atoms with E-state index in [9.17, 15) is 4.79 Å². The minimum atomic E-state index is 0.0875. The van der Waals surface area contributed by atoms with E-state index in [-0.39, 0.29) is 5.91 Å². The van der Waals surface area contributed by atoms with Crippen molar-refractivity contribution in [3.8, 4) is 0 Å². The Balaban J connectivity index is 1.73. The van der Waals surface area contributed by atoms with Crippen molar-refractivity contribution in [1.29, 1.82) is 0 Å². The fraction of sp³-hybridized carbons (Fsp3) is 0.312. The molecule has 1 heterocycles. The van der Waals surface area contributed by atoms with Crippen molar-refractivity contribution in [3.63, 3.8) is 0 Å². The molecule has 0 spiro atoms. The first-order chi connectivity index (χ1) is 9.29. The number of fused-ring (bicyclic) bond motifs is 1. The summed E-state index contributed by atoms with van der Waals surface area (Å²) in [6.07, 6.45) is 4.74. The van der Waals surface area contributed by atoms with Crippen LogP contribution in [0.1, 0.15) is 25.0 Å². The van der Waals surface area contributed by atoms with Crippen LogP contribution in [-0.4, -0.2) is 12.5 Å². The molecule has 2 aromatic rings. The number of furan rings is 1. The van der Waals surface area contributed by atoms with Crippen LogP contribution >= 0.6 is 0 Å². The van der Waals surface area contributed by atoms with E-state index in [1.165, 1.54) is 0 Å². The van der Waals surface area contributed by atoms with Crippen LogP contribution in [0.4, 0.5) is 0 Å². The monoisotopic (exact) mass is 257 g/mol. The molecule has 0 saturated heterocycles. The number of carbonyl (C=O) groups excluding carboxylic acids is 1. The molecule has 1 aromatic heterocycles. The van der Waals surface area contributed by atoms with Gasteiger partial charge in [-0.3, -0.25) is 4.79 Å². The fourth-order valence-corrected chi connectivity index (χ4v) is 1.97. The maximum Gasteiger partial charge on any atom is 0.220 e. The first-order valence-corrected chi connectivity index (χ1v) is 6.64. The predicted octanol–water partition coefficient (Wildman–Crippen LogP) is 3.45. The maximum atomic E-state index is 11.4. The van der Waals surface area contributed by atoms with Crippen LogP contribution in [0.15, 0.2) is 47.4 Å². The van der Waals surface area contributed by atoms with E-state index in [0.717, 1.165) is 36.0 Å². The Labute approximate surface area is 113 Å². The summed E-state index contributed by atoms with van der Waals surface area (Å²) in [5, 5.41) is 4.03. The molecule has 0 aliphatic rings. The van der Waals surface area contributed by atoms with Gasteiger partial charge in [0, 0.05) is 24.8 Å². The van der Waals surface area contributed by atoms with Gasteiger partial charge in [-0.2, -0.15) is 0 Å². The van der Waals surface area contributed by atoms with E-state index in [1.807, 2.05) is 24.3 Å². The minimum absolute atomic E-state index is 0.0875. The minimum Gasteiger partial charge on any atom is -0.461 e.